The van der Waals surface area contributed by atoms with Gasteiger partial charge in [0.15, 0.2) is 11.5 Å². The van der Waals surface area contributed by atoms with Gasteiger partial charge in [-0.05, 0) is 37.6 Å². The molecular weight excluding hydrogens is 354 g/mol. The topological polar surface area (TPSA) is 50.8 Å². The van der Waals surface area contributed by atoms with E-state index >= 15 is 0 Å². The van der Waals surface area contributed by atoms with E-state index in [2.05, 4.69) is 5.32 Å². The van der Waals surface area contributed by atoms with Gasteiger partial charge in [-0.1, -0.05) is 6.07 Å². The number of benzene rings is 2. The molecule has 5 nitrogen and oxygen atoms in total. The molecule has 1 saturated heterocycles. The Kier molecular flexibility index (Phi) is 5.32. The van der Waals surface area contributed by atoms with Gasteiger partial charge in [0.25, 0.3) is 0 Å². The van der Waals surface area contributed by atoms with E-state index in [1.807, 2.05) is 0 Å². The molecule has 2 aromatic carbocycles. The molecule has 7 heteroatoms. The van der Waals surface area contributed by atoms with Crippen LogP contribution in [0.5, 0.6) is 11.5 Å². The molecule has 1 fully saturated rings. The van der Waals surface area contributed by atoms with Crippen LogP contribution in [0.25, 0.3) is 0 Å². The van der Waals surface area contributed by atoms with Gasteiger partial charge in [0.05, 0.1) is 19.8 Å². The number of hydrogen-bond acceptors (Lipinski definition) is 4. The van der Waals surface area contributed by atoms with Gasteiger partial charge in [0.2, 0.25) is 5.91 Å². The molecule has 1 amide bonds. The third-order valence-corrected chi connectivity index (χ3v) is 5.11. The molecule has 0 bridgehead atoms. The van der Waals surface area contributed by atoms with Crippen molar-refractivity contribution in [3.63, 3.8) is 0 Å². The molecular formula is C20H22F2N2O3. The number of anilines is 1. The Morgan fingerprint density at radius 2 is 1.81 bits per heavy atom. The van der Waals surface area contributed by atoms with E-state index in [0.29, 0.717) is 30.2 Å². The van der Waals surface area contributed by atoms with Crippen LogP contribution in [0.15, 0.2) is 36.4 Å². The minimum absolute atomic E-state index is 0.0256. The lowest BCUT2D eigenvalue weighted by Gasteiger charge is -2.49. The lowest BCUT2D eigenvalue weighted by atomic mass is 9.85. The van der Waals surface area contributed by atoms with Crippen LogP contribution in [-0.4, -0.2) is 37.1 Å². The molecule has 0 spiro atoms. The zero-order valence-electron chi connectivity index (χ0n) is 15.5. The molecule has 1 N–H and O–H groups in total. The number of carbonyl (C=O) groups excluding carboxylic acids is 1. The first-order valence-electron chi connectivity index (χ1n) is 8.60. The van der Waals surface area contributed by atoms with Crippen molar-refractivity contribution < 1.29 is 23.0 Å². The zero-order chi connectivity index (χ0) is 19.6. The van der Waals surface area contributed by atoms with Crippen molar-refractivity contribution >= 4 is 11.6 Å². The van der Waals surface area contributed by atoms with Crippen LogP contribution < -0.4 is 14.8 Å². The van der Waals surface area contributed by atoms with Gasteiger partial charge < -0.3 is 14.8 Å². The first-order chi connectivity index (χ1) is 12.9. The number of carbonyl (C=O) groups is 1. The number of methoxy groups -OCH3 is 2. The Hall–Kier alpha value is -2.67. The van der Waals surface area contributed by atoms with Gasteiger partial charge in [-0.15, -0.1) is 0 Å². The van der Waals surface area contributed by atoms with E-state index in [1.54, 1.807) is 30.0 Å². The first-order valence-corrected chi connectivity index (χ1v) is 8.60. The Labute approximate surface area is 156 Å². The van der Waals surface area contributed by atoms with Gasteiger partial charge in [-0.2, -0.15) is 0 Å². The molecule has 144 valence electrons. The molecule has 3 rings (SSSR count). The molecule has 1 heterocycles. The van der Waals surface area contributed by atoms with Crippen LogP contribution in [0.1, 0.15) is 18.9 Å². The molecule has 1 aliphatic heterocycles. The summed E-state index contributed by atoms with van der Waals surface area (Å²) in [5, 5.41) is 2.85. The predicted molar refractivity (Wildman–Crippen MR) is 98.0 cm³/mol. The van der Waals surface area contributed by atoms with Gasteiger partial charge in [-0.3, -0.25) is 9.69 Å². The second-order valence-electron chi connectivity index (χ2n) is 6.67. The van der Waals surface area contributed by atoms with E-state index < -0.39 is 17.2 Å². The quantitative estimate of drug-likeness (QED) is 0.837. The van der Waals surface area contributed by atoms with Gasteiger partial charge >= 0.3 is 0 Å². The molecule has 1 aliphatic rings. The molecule has 1 atom stereocenters. The minimum atomic E-state index is -0.845. The summed E-state index contributed by atoms with van der Waals surface area (Å²) < 4.78 is 38.3. The Bertz CT molecular complexity index is 839. The van der Waals surface area contributed by atoms with Gasteiger partial charge in [0.1, 0.15) is 11.6 Å². The summed E-state index contributed by atoms with van der Waals surface area (Å²) >= 11 is 0. The number of hydrogen-bond donors (Lipinski definition) is 1. The summed E-state index contributed by atoms with van der Waals surface area (Å²) in [6.45, 7) is 2.39. The third-order valence-electron chi connectivity index (χ3n) is 5.11. The second kappa shape index (κ2) is 7.52. The van der Waals surface area contributed by atoms with Crippen molar-refractivity contribution in [1.29, 1.82) is 0 Å². The van der Waals surface area contributed by atoms with Crippen molar-refractivity contribution in [1.82, 2.24) is 4.90 Å². The molecule has 0 aliphatic carbocycles. The van der Waals surface area contributed by atoms with Crippen molar-refractivity contribution in [2.75, 3.05) is 26.1 Å². The molecule has 0 radical (unpaired) electrons. The number of likely N-dealkylation sites (tertiary alicyclic amines) is 1. The number of nitrogens with zero attached hydrogens (tertiary/aromatic N) is 1. The molecule has 0 aromatic heterocycles. The average Bonchev–Trinajstić information content (AvgIpc) is 2.65. The standard InChI is InChI=1S/C20H22F2N2O3/c1-20(9-10-24(20)12-14-15(21)5-4-6-16(14)22)19(25)23-13-7-8-17(26-2)18(11-13)27-3/h4-8,11H,9-10,12H2,1-3H3,(H,23,25). The normalized spacial score (nSPS) is 19.3. The number of halogens is 2. The largest absolute Gasteiger partial charge is 0.493 e. The van der Waals surface area contributed by atoms with E-state index in [-0.39, 0.29) is 18.0 Å². The number of nitrogens with one attached hydrogen (secondary N) is 1. The molecule has 1 unspecified atom stereocenters. The zero-order valence-corrected chi connectivity index (χ0v) is 15.5. The van der Waals surface area contributed by atoms with Crippen molar-refractivity contribution in [2.24, 2.45) is 0 Å². The monoisotopic (exact) mass is 376 g/mol. The highest BCUT2D eigenvalue weighted by molar-refractivity contribution is 5.98. The predicted octanol–water partition coefficient (Wildman–Crippen LogP) is 3.59. The Morgan fingerprint density at radius 3 is 2.37 bits per heavy atom. The van der Waals surface area contributed by atoms with Crippen molar-refractivity contribution in [2.45, 2.75) is 25.4 Å². The third kappa shape index (κ3) is 3.60. The number of rotatable bonds is 6. The highest BCUT2D eigenvalue weighted by Crippen LogP contribution is 2.35. The number of amides is 1. The van der Waals surface area contributed by atoms with E-state index in [1.165, 1.54) is 32.4 Å². The fourth-order valence-electron chi connectivity index (χ4n) is 3.17. The van der Waals surface area contributed by atoms with E-state index in [9.17, 15) is 13.6 Å². The van der Waals surface area contributed by atoms with Crippen molar-refractivity contribution in [3.8, 4) is 11.5 Å². The van der Waals surface area contributed by atoms with Crippen molar-refractivity contribution in [3.05, 3.63) is 53.6 Å². The lowest BCUT2D eigenvalue weighted by molar-refractivity contribution is -0.136. The maximum Gasteiger partial charge on any atom is 0.244 e. The Balaban J connectivity index is 1.74. The second-order valence-corrected chi connectivity index (χ2v) is 6.67. The van der Waals surface area contributed by atoms with Gasteiger partial charge in [0, 0.05) is 30.4 Å². The minimum Gasteiger partial charge on any atom is -0.493 e. The summed E-state index contributed by atoms with van der Waals surface area (Å²) in [5.41, 5.74) is -0.313. The first kappa shape index (κ1) is 19.1. The van der Waals surface area contributed by atoms with Crippen LogP contribution in [0.4, 0.5) is 14.5 Å². The highest BCUT2D eigenvalue weighted by atomic mass is 19.1. The summed E-state index contributed by atoms with van der Waals surface area (Å²) in [7, 11) is 3.05. The summed E-state index contributed by atoms with van der Waals surface area (Å²) in [6, 6.07) is 8.84. The Morgan fingerprint density at radius 1 is 1.15 bits per heavy atom. The van der Waals surface area contributed by atoms with E-state index in [4.69, 9.17) is 9.47 Å². The van der Waals surface area contributed by atoms with Crippen LogP contribution in [0.3, 0.4) is 0 Å². The molecule has 0 saturated carbocycles. The number of ether oxygens (including phenoxy) is 2. The maximum absolute atomic E-state index is 13.9. The fourth-order valence-corrected chi connectivity index (χ4v) is 3.17. The van der Waals surface area contributed by atoms with Gasteiger partial charge in [-0.25, -0.2) is 8.78 Å². The van der Waals surface area contributed by atoms with E-state index in [0.717, 1.165) is 0 Å². The average molecular weight is 376 g/mol. The maximum atomic E-state index is 13.9. The SMILES string of the molecule is COc1ccc(NC(=O)C2(C)CCN2Cc2c(F)cccc2F)cc1OC. The highest BCUT2D eigenvalue weighted by Gasteiger charge is 2.47. The smallest absolute Gasteiger partial charge is 0.244 e. The van der Waals surface area contributed by atoms with Crippen LogP contribution in [-0.2, 0) is 11.3 Å². The summed E-state index contributed by atoms with van der Waals surface area (Å²) in [5.74, 6) is -0.395. The molecule has 27 heavy (non-hydrogen) atoms. The molecule has 2 aromatic rings. The lowest BCUT2D eigenvalue weighted by Crippen LogP contribution is -2.63. The van der Waals surface area contributed by atoms with Crippen LogP contribution in [0, 0.1) is 11.6 Å². The van der Waals surface area contributed by atoms with Crippen LogP contribution in [0.2, 0.25) is 0 Å². The summed E-state index contributed by atoms with van der Waals surface area (Å²) in [4.78, 5) is 14.6. The van der Waals surface area contributed by atoms with Crippen LogP contribution >= 0.6 is 0 Å². The summed E-state index contributed by atoms with van der Waals surface area (Å²) in [6.07, 6.45) is 0.599. The fraction of sp³-hybridized carbons (Fsp3) is 0.350.